The Balaban J connectivity index is 2.11. The van der Waals surface area contributed by atoms with Crippen molar-refractivity contribution >= 4 is 0 Å². The predicted molar refractivity (Wildman–Crippen MR) is 88.0 cm³/mol. The van der Waals surface area contributed by atoms with Crippen molar-refractivity contribution in [2.45, 2.75) is 80.7 Å². The van der Waals surface area contributed by atoms with Gasteiger partial charge in [0.15, 0.2) is 6.29 Å². The maximum absolute atomic E-state index is 10.6. The highest BCUT2D eigenvalue weighted by Gasteiger charge is 2.50. The summed E-state index contributed by atoms with van der Waals surface area (Å²) in [5.41, 5.74) is 18.1. The van der Waals surface area contributed by atoms with Crippen molar-refractivity contribution in [3.63, 3.8) is 0 Å². The van der Waals surface area contributed by atoms with Crippen LogP contribution >= 0.6 is 0 Å². The van der Waals surface area contributed by atoms with E-state index in [1.807, 2.05) is 6.92 Å². The second kappa shape index (κ2) is 8.35. The molecule has 2 fully saturated rings. The van der Waals surface area contributed by atoms with Crippen molar-refractivity contribution in [2.75, 3.05) is 14.2 Å². The highest BCUT2D eigenvalue weighted by atomic mass is 16.7. The molecule has 0 bridgehead atoms. The summed E-state index contributed by atoms with van der Waals surface area (Å²) in [5, 5.41) is 24.0. The first-order valence-electron chi connectivity index (χ1n) is 8.45. The Labute approximate surface area is 142 Å². The number of ether oxygens (including phenoxy) is 3. The van der Waals surface area contributed by atoms with Gasteiger partial charge in [0.2, 0.25) is 0 Å². The van der Waals surface area contributed by atoms with E-state index in [1.54, 1.807) is 7.05 Å². The summed E-state index contributed by atoms with van der Waals surface area (Å²) in [5.74, 6) is 0. The zero-order valence-electron chi connectivity index (χ0n) is 14.5. The molecule has 9 nitrogen and oxygen atoms in total. The van der Waals surface area contributed by atoms with Crippen molar-refractivity contribution in [2.24, 2.45) is 17.2 Å². The zero-order valence-corrected chi connectivity index (χ0v) is 14.5. The summed E-state index contributed by atoms with van der Waals surface area (Å²) in [6.45, 7) is 1.86. The fourth-order valence-electron chi connectivity index (χ4n) is 3.55. The molecule has 0 aromatic heterocycles. The van der Waals surface area contributed by atoms with E-state index in [4.69, 9.17) is 31.4 Å². The molecule has 0 aromatic rings. The van der Waals surface area contributed by atoms with E-state index in [1.165, 1.54) is 7.11 Å². The molecule has 1 aliphatic heterocycles. The van der Waals surface area contributed by atoms with Crippen LogP contribution in [0.3, 0.4) is 0 Å². The van der Waals surface area contributed by atoms with E-state index >= 15 is 0 Å². The Morgan fingerprint density at radius 1 is 1.17 bits per heavy atom. The van der Waals surface area contributed by atoms with E-state index in [0.29, 0.717) is 6.42 Å². The van der Waals surface area contributed by atoms with Gasteiger partial charge in [-0.2, -0.15) is 0 Å². The van der Waals surface area contributed by atoms with Gasteiger partial charge in [-0.1, -0.05) is 0 Å². The van der Waals surface area contributed by atoms with E-state index in [-0.39, 0.29) is 18.2 Å². The Hall–Kier alpha value is -0.360. The number of aliphatic hydroxyl groups is 2. The average Bonchev–Trinajstić information content (AvgIpc) is 2.55. The molecule has 0 amide bonds. The number of nitrogens with one attached hydrogen (secondary N) is 1. The molecule has 0 unspecified atom stereocenters. The number of hydrogen-bond acceptors (Lipinski definition) is 9. The summed E-state index contributed by atoms with van der Waals surface area (Å²) in [4.78, 5) is 0. The van der Waals surface area contributed by atoms with Crippen molar-refractivity contribution in [1.29, 1.82) is 0 Å². The van der Waals surface area contributed by atoms with Crippen LogP contribution < -0.4 is 22.5 Å². The monoisotopic (exact) mass is 348 g/mol. The molecular weight excluding hydrogens is 316 g/mol. The molecule has 9 N–H and O–H groups in total. The Kier molecular flexibility index (Phi) is 6.94. The van der Waals surface area contributed by atoms with Crippen LogP contribution in [0.25, 0.3) is 0 Å². The molecular formula is C15H32N4O5. The van der Waals surface area contributed by atoms with Gasteiger partial charge in [-0.05, 0) is 26.8 Å². The summed E-state index contributed by atoms with van der Waals surface area (Å²) >= 11 is 0. The maximum atomic E-state index is 10.6. The number of hydrogen-bond donors (Lipinski definition) is 6. The number of aliphatic hydroxyl groups excluding tert-OH is 2. The molecule has 1 saturated heterocycles. The Bertz CT molecular complexity index is 402. The van der Waals surface area contributed by atoms with Gasteiger partial charge in [-0.25, -0.2) is 0 Å². The largest absolute Gasteiger partial charge is 0.389 e. The molecule has 2 aliphatic rings. The average molecular weight is 348 g/mol. The molecule has 24 heavy (non-hydrogen) atoms. The fraction of sp³-hybridized carbons (Fsp3) is 1.00. The molecule has 1 aliphatic carbocycles. The summed E-state index contributed by atoms with van der Waals surface area (Å²) < 4.78 is 17.0. The van der Waals surface area contributed by atoms with E-state index in [0.717, 1.165) is 6.42 Å². The van der Waals surface area contributed by atoms with Crippen LogP contribution in [0, 0.1) is 0 Å². The number of methoxy groups -OCH3 is 1. The lowest BCUT2D eigenvalue weighted by atomic mass is 9.81. The van der Waals surface area contributed by atoms with Gasteiger partial charge in [0.1, 0.15) is 12.2 Å². The fourth-order valence-corrected chi connectivity index (χ4v) is 3.55. The van der Waals surface area contributed by atoms with Gasteiger partial charge in [0, 0.05) is 13.2 Å². The van der Waals surface area contributed by atoms with Crippen molar-refractivity contribution in [1.82, 2.24) is 5.32 Å². The molecule has 10 atom stereocenters. The minimum atomic E-state index is -0.995. The third kappa shape index (κ3) is 3.90. The second-order valence-electron chi connectivity index (χ2n) is 6.82. The van der Waals surface area contributed by atoms with Crippen molar-refractivity contribution in [3.05, 3.63) is 0 Å². The smallest absolute Gasteiger partial charge is 0.173 e. The van der Waals surface area contributed by atoms with Crippen LogP contribution in [0.4, 0.5) is 0 Å². The van der Waals surface area contributed by atoms with Crippen LogP contribution in [0.5, 0.6) is 0 Å². The lowest BCUT2D eigenvalue weighted by Crippen LogP contribution is -2.71. The number of likely N-dealkylation sites (N-methyl/N-ethyl adjacent to an activating group) is 1. The Morgan fingerprint density at radius 2 is 1.83 bits per heavy atom. The maximum Gasteiger partial charge on any atom is 0.173 e. The number of rotatable bonds is 5. The predicted octanol–water partition coefficient (Wildman–Crippen LogP) is -2.78. The highest BCUT2D eigenvalue weighted by Crippen LogP contribution is 2.28. The molecule has 0 aromatic carbocycles. The molecule has 142 valence electrons. The third-order valence-corrected chi connectivity index (χ3v) is 5.10. The molecule has 9 heteroatoms. The van der Waals surface area contributed by atoms with Gasteiger partial charge in [0.05, 0.1) is 36.4 Å². The third-order valence-electron chi connectivity index (χ3n) is 5.10. The van der Waals surface area contributed by atoms with Crippen molar-refractivity contribution < 1.29 is 24.4 Å². The quantitative estimate of drug-likeness (QED) is 0.309. The van der Waals surface area contributed by atoms with Crippen LogP contribution in [0.1, 0.15) is 19.8 Å². The van der Waals surface area contributed by atoms with E-state index in [2.05, 4.69) is 5.32 Å². The molecule has 1 heterocycles. The topological polar surface area (TPSA) is 158 Å². The summed E-state index contributed by atoms with van der Waals surface area (Å²) in [6.07, 6.45) is -2.90. The van der Waals surface area contributed by atoms with Gasteiger partial charge in [0.25, 0.3) is 0 Å². The molecule has 0 radical (unpaired) electrons. The first-order chi connectivity index (χ1) is 11.3. The number of nitrogens with two attached hydrogens (primary N) is 3. The molecule has 1 saturated carbocycles. The van der Waals surface area contributed by atoms with E-state index < -0.39 is 42.8 Å². The minimum Gasteiger partial charge on any atom is -0.389 e. The lowest BCUT2D eigenvalue weighted by Gasteiger charge is -2.47. The van der Waals surface area contributed by atoms with Gasteiger partial charge in [-0.3, -0.25) is 0 Å². The standard InChI is InChI=1S/C15H32N4O5/c1-6(16)8-5-4-7(17)15(23-8)24-13-9(18)11(20)14(22-3)10(19-2)12(13)21/h6-15,19-21H,4-5,16-18H2,1-3H3/t6-,7+,8-,9-,10-,11-,12+,13+,14+,15+/m0/s1. The van der Waals surface area contributed by atoms with Crippen LogP contribution in [0.2, 0.25) is 0 Å². The van der Waals surface area contributed by atoms with Gasteiger partial charge in [-0.15, -0.1) is 0 Å². The highest BCUT2D eigenvalue weighted by molar-refractivity contribution is 5.05. The SMILES string of the molecule is CN[C@H]1[C@@H](O)[C@H](O[C@H]2O[C@H]([C@H](C)N)CC[C@H]2N)[C@@H](N)[C@H](O)[C@@H]1OC. The normalized spacial score (nSPS) is 48.2. The summed E-state index contributed by atoms with van der Waals surface area (Å²) in [7, 11) is 3.14. The Morgan fingerprint density at radius 3 is 2.38 bits per heavy atom. The zero-order chi connectivity index (χ0) is 18.0. The van der Waals surface area contributed by atoms with Crippen molar-refractivity contribution in [3.8, 4) is 0 Å². The minimum absolute atomic E-state index is 0.151. The van der Waals surface area contributed by atoms with Gasteiger partial charge >= 0.3 is 0 Å². The first-order valence-corrected chi connectivity index (χ1v) is 8.45. The van der Waals surface area contributed by atoms with Crippen LogP contribution in [-0.4, -0.2) is 85.3 Å². The first kappa shape index (κ1) is 20.0. The van der Waals surface area contributed by atoms with Crippen LogP contribution in [-0.2, 0) is 14.2 Å². The lowest BCUT2D eigenvalue weighted by molar-refractivity contribution is -0.262. The molecule has 0 spiro atoms. The van der Waals surface area contributed by atoms with Crippen LogP contribution in [0.15, 0.2) is 0 Å². The van der Waals surface area contributed by atoms with Gasteiger partial charge < -0.3 is 46.9 Å². The second-order valence-corrected chi connectivity index (χ2v) is 6.82. The molecule has 2 rings (SSSR count). The van der Waals surface area contributed by atoms with E-state index in [9.17, 15) is 10.2 Å². The summed E-state index contributed by atoms with van der Waals surface area (Å²) in [6, 6.07) is -1.85.